The Morgan fingerprint density at radius 1 is 1.37 bits per heavy atom. The maximum Gasteiger partial charge on any atom is 0.341 e. The van der Waals surface area contributed by atoms with Crippen LogP contribution in [0.25, 0.3) is 0 Å². The van der Waals surface area contributed by atoms with Crippen LogP contribution in [0.3, 0.4) is 0 Å². The van der Waals surface area contributed by atoms with Crippen LogP contribution in [0, 0.1) is 5.82 Å². The molecule has 19 heavy (non-hydrogen) atoms. The first-order valence-electron chi connectivity index (χ1n) is 6.33. The lowest BCUT2D eigenvalue weighted by atomic mass is 10.1. The summed E-state index contributed by atoms with van der Waals surface area (Å²) in [5.74, 6) is -1.15. The Bertz CT molecular complexity index is 456. The second kappa shape index (κ2) is 6.02. The van der Waals surface area contributed by atoms with Crippen molar-refractivity contribution in [1.82, 2.24) is 0 Å². The molecule has 0 spiro atoms. The van der Waals surface area contributed by atoms with Gasteiger partial charge in [0.1, 0.15) is 11.9 Å². The van der Waals surface area contributed by atoms with Crippen LogP contribution in [0.2, 0.25) is 0 Å². The van der Waals surface area contributed by atoms with Crippen molar-refractivity contribution in [3.63, 3.8) is 0 Å². The van der Waals surface area contributed by atoms with Crippen LogP contribution >= 0.6 is 0 Å². The number of nitrogens with zero attached hydrogens (tertiary/aromatic N) is 1. The van der Waals surface area contributed by atoms with Gasteiger partial charge in [0.05, 0.1) is 18.8 Å². The molecular weight excluding hydrogens is 249 g/mol. The number of ether oxygens (including phenoxy) is 2. The molecule has 0 aromatic heterocycles. The Balaban J connectivity index is 2.06. The standard InChI is InChI=1S/C14H18FNO3/c1-16(2)10-3-4-12(13(15)9-10)14(17)19-11-5-7-18-8-6-11/h3-4,9,11H,5-8H2,1-2H3. The first-order valence-corrected chi connectivity index (χ1v) is 6.33. The van der Waals surface area contributed by atoms with E-state index in [0.717, 1.165) is 0 Å². The van der Waals surface area contributed by atoms with E-state index in [1.54, 1.807) is 11.0 Å². The lowest BCUT2D eigenvalue weighted by Gasteiger charge is -2.22. The number of rotatable bonds is 3. The lowest BCUT2D eigenvalue weighted by molar-refractivity contribution is -0.0162. The molecule has 4 nitrogen and oxygen atoms in total. The van der Waals surface area contributed by atoms with E-state index in [9.17, 15) is 9.18 Å². The average Bonchev–Trinajstić information content (AvgIpc) is 2.39. The molecule has 0 N–H and O–H groups in total. The number of anilines is 1. The first kappa shape index (κ1) is 13.8. The molecule has 1 fully saturated rings. The van der Waals surface area contributed by atoms with Crippen molar-refractivity contribution in [3.8, 4) is 0 Å². The summed E-state index contributed by atoms with van der Waals surface area (Å²) in [6.07, 6.45) is 1.17. The summed E-state index contributed by atoms with van der Waals surface area (Å²) >= 11 is 0. The largest absolute Gasteiger partial charge is 0.459 e. The zero-order valence-corrected chi connectivity index (χ0v) is 11.2. The quantitative estimate of drug-likeness (QED) is 0.787. The summed E-state index contributed by atoms with van der Waals surface area (Å²) in [5.41, 5.74) is 0.692. The van der Waals surface area contributed by atoms with Crippen LogP contribution in [0.1, 0.15) is 23.2 Å². The van der Waals surface area contributed by atoms with Crippen LogP contribution in [0.15, 0.2) is 18.2 Å². The van der Waals surface area contributed by atoms with Gasteiger partial charge in [-0.2, -0.15) is 0 Å². The van der Waals surface area contributed by atoms with Gasteiger partial charge in [0.2, 0.25) is 0 Å². The Morgan fingerprint density at radius 2 is 2.05 bits per heavy atom. The van der Waals surface area contributed by atoms with Crippen molar-refractivity contribution >= 4 is 11.7 Å². The molecular formula is C14H18FNO3. The van der Waals surface area contributed by atoms with Crippen molar-refractivity contribution in [2.24, 2.45) is 0 Å². The lowest BCUT2D eigenvalue weighted by Crippen LogP contribution is -2.26. The van der Waals surface area contributed by atoms with Crippen molar-refractivity contribution in [2.75, 3.05) is 32.2 Å². The number of esters is 1. The third-order valence-corrected chi connectivity index (χ3v) is 3.13. The average molecular weight is 267 g/mol. The second-order valence-corrected chi connectivity index (χ2v) is 4.78. The number of hydrogen-bond acceptors (Lipinski definition) is 4. The van der Waals surface area contributed by atoms with Gasteiger partial charge in [0, 0.05) is 32.6 Å². The summed E-state index contributed by atoms with van der Waals surface area (Å²) < 4.78 is 24.3. The van der Waals surface area contributed by atoms with Crippen LogP contribution in [0.5, 0.6) is 0 Å². The molecule has 0 aliphatic carbocycles. The van der Waals surface area contributed by atoms with Gasteiger partial charge < -0.3 is 14.4 Å². The Hall–Kier alpha value is -1.62. The smallest absolute Gasteiger partial charge is 0.341 e. The molecule has 0 atom stereocenters. The molecule has 1 aliphatic heterocycles. The molecule has 1 aliphatic rings. The van der Waals surface area contributed by atoms with Gasteiger partial charge in [-0.3, -0.25) is 0 Å². The highest BCUT2D eigenvalue weighted by molar-refractivity contribution is 5.90. The molecule has 0 bridgehead atoms. The highest BCUT2D eigenvalue weighted by Gasteiger charge is 2.21. The maximum absolute atomic E-state index is 13.9. The number of carbonyl (C=O) groups is 1. The van der Waals surface area contributed by atoms with E-state index in [-0.39, 0.29) is 11.7 Å². The summed E-state index contributed by atoms with van der Waals surface area (Å²) in [5, 5.41) is 0. The highest BCUT2D eigenvalue weighted by atomic mass is 19.1. The Labute approximate surface area is 112 Å². The van der Waals surface area contributed by atoms with Gasteiger partial charge in [0.25, 0.3) is 0 Å². The number of halogens is 1. The van der Waals surface area contributed by atoms with Gasteiger partial charge in [-0.15, -0.1) is 0 Å². The predicted octanol–water partition coefficient (Wildman–Crippen LogP) is 2.23. The minimum absolute atomic E-state index is 0.0166. The van der Waals surface area contributed by atoms with E-state index in [2.05, 4.69) is 0 Å². The Morgan fingerprint density at radius 3 is 2.63 bits per heavy atom. The number of carbonyl (C=O) groups excluding carboxylic acids is 1. The third kappa shape index (κ3) is 3.44. The fourth-order valence-electron chi connectivity index (χ4n) is 1.96. The molecule has 1 heterocycles. The van der Waals surface area contributed by atoms with E-state index >= 15 is 0 Å². The monoisotopic (exact) mass is 267 g/mol. The van der Waals surface area contributed by atoms with E-state index in [0.29, 0.717) is 31.7 Å². The van der Waals surface area contributed by atoms with Gasteiger partial charge in [-0.1, -0.05) is 0 Å². The summed E-state index contributed by atoms with van der Waals surface area (Å²) in [4.78, 5) is 13.7. The zero-order chi connectivity index (χ0) is 13.8. The van der Waals surface area contributed by atoms with E-state index in [1.807, 2.05) is 14.1 Å². The summed E-state index contributed by atoms with van der Waals surface area (Å²) in [7, 11) is 3.63. The first-order chi connectivity index (χ1) is 9.08. The van der Waals surface area contributed by atoms with E-state index < -0.39 is 11.8 Å². The van der Waals surface area contributed by atoms with Gasteiger partial charge in [0.15, 0.2) is 0 Å². The summed E-state index contributed by atoms with van der Waals surface area (Å²) in [6.45, 7) is 1.17. The topological polar surface area (TPSA) is 38.8 Å². The molecule has 5 heteroatoms. The minimum atomic E-state index is -0.602. The van der Waals surface area contributed by atoms with Gasteiger partial charge in [-0.05, 0) is 18.2 Å². The fourth-order valence-corrected chi connectivity index (χ4v) is 1.96. The van der Waals surface area contributed by atoms with Crippen LogP contribution in [0.4, 0.5) is 10.1 Å². The normalized spacial score (nSPS) is 16.2. The van der Waals surface area contributed by atoms with Crippen LogP contribution in [-0.4, -0.2) is 39.4 Å². The highest BCUT2D eigenvalue weighted by Crippen LogP contribution is 2.19. The van der Waals surface area contributed by atoms with Crippen molar-refractivity contribution in [3.05, 3.63) is 29.6 Å². The van der Waals surface area contributed by atoms with Crippen molar-refractivity contribution in [1.29, 1.82) is 0 Å². The molecule has 1 aromatic carbocycles. The van der Waals surface area contributed by atoms with E-state index in [1.165, 1.54) is 12.1 Å². The Kier molecular flexibility index (Phi) is 4.37. The SMILES string of the molecule is CN(C)c1ccc(C(=O)OC2CCOCC2)c(F)c1. The van der Waals surface area contributed by atoms with E-state index in [4.69, 9.17) is 9.47 Å². The van der Waals surface area contributed by atoms with Crippen LogP contribution in [-0.2, 0) is 9.47 Å². The predicted molar refractivity (Wildman–Crippen MR) is 70.0 cm³/mol. The number of hydrogen-bond donors (Lipinski definition) is 0. The molecule has 1 aromatic rings. The van der Waals surface area contributed by atoms with Crippen molar-refractivity contribution < 1.29 is 18.7 Å². The van der Waals surface area contributed by atoms with Crippen LogP contribution < -0.4 is 4.90 Å². The molecule has 0 saturated carbocycles. The van der Waals surface area contributed by atoms with Gasteiger partial charge in [-0.25, -0.2) is 9.18 Å². The second-order valence-electron chi connectivity index (χ2n) is 4.78. The van der Waals surface area contributed by atoms with Gasteiger partial charge >= 0.3 is 5.97 Å². The molecule has 2 rings (SSSR count). The molecule has 0 amide bonds. The molecule has 0 radical (unpaired) electrons. The molecule has 0 unspecified atom stereocenters. The fraction of sp³-hybridized carbons (Fsp3) is 0.500. The molecule has 1 saturated heterocycles. The molecule has 104 valence electrons. The minimum Gasteiger partial charge on any atom is -0.459 e. The maximum atomic E-state index is 13.9. The number of benzene rings is 1. The zero-order valence-electron chi connectivity index (χ0n) is 11.2. The van der Waals surface area contributed by atoms with Crippen molar-refractivity contribution in [2.45, 2.75) is 18.9 Å². The summed E-state index contributed by atoms with van der Waals surface area (Å²) in [6, 6.07) is 4.50. The third-order valence-electron chi connectivity index (χ3n) is 3.13.